The maximum atomic E-state index is 11.8. The van der Waals surface area contributed by atoms with E-state index in [9.17, 15) is 4.79 Å². The highest BCUT2D eigenvalue weighted by molar-refractivity contribution is 5.76. The molecule has 2 aliphatic rings. The number of nitrogens with one attached hydrogen (secondary N) is 1. The number of hydrogen-bond acceptors (Lipinski definition) is 2. The first-order valence-corrected chi connectivity index (χ1v) is 7.68. The van der Waals surface area contributed by atoms with Crippen molar-refractivity contribution < 1.29 is 9.90 Å². The maximum Gasteiger partial charge on any atom is 0.220 e. The Morgan fingerprint density at radius 2 is 1.67 bits per heavy atom. The zero-order valence-electron chi connectivity index (χ0n) is 11.4. The molecule has 2 aliphatic carbocycles. The van der Waals surface area contributed by atoms with Gasteiger partial charge in [0, 0.05) is 19.1 Å². The van der Waals surface area contributed by atoms with Gasteiger partial charge in [0.2, 0.25) is 5.91 Å². The van der Waals surface area contributed by atoms with Crippen LogP contribution in [0.2, 0.25) is 0 Å². The molecule has 0 spiro atoms. The van der Waals surface area contributed by atoms with Gasteiger partial charge >= 0.3 is 0 Å². The van der Waals surface area contributed by atoms with E-state index >= 15 is 0 Å². The summed E-state index contributed by atoms with van der Waals surface area (Å²) >= 11 is 0. The summed E-state index contributed by atoms with van der Waals surface area (Å²) in [6.07, 6.45) is 11.3. The van der Waals surface area contributed by atoms with E-state index in [4.69, 9.17) is 5.11 Å². The molecule has 0 saturated heterocycles. The summed E-state index contributed by atoms with van der Waals surface area (Å²) in [5.41, 5.74) is 0. The molecule has 0 aromatic rings. The van der Waals surface area contributed by atoms with Crippen molar-refractivity contribution in [2.45, 2.75) is 70.3 Å². The van der Waals surface area contributed by atoms with Gasteiger partial charge in [-0.2, -0.15) is 0 Å². The Morgan fingerprint density at radius 1 is 1.00 bits per heavy atom. The van der Waals surface area contributed by atoms with Gasteiger partial charge in [0.25, 0.3) is 0 Å². The van der Waals surface area contributed by atoms with Crippen molar-refractivity contribution in [1.29, 1.82) is 0 Å². The minimum atomic E-state index is 0.257. The SMILES string of the molecule is O=C(CCC1CCC1)NC1CCC(CCO)CC1. The second kappa shape index (κ2) is 7.13. The fourth-order valence-corrected chi connectivity index (χ4v) is 3.19. The molecular weight excluding hydrogens is 226 g/mol. The maximum absolute atomic E-state index is 11.8. The van der Waals surface area contributed by atoms with Gasteiger partial charge in [0.05, 0.1) is 0 Å². The van der Waals surface area contributed by atoms with E-state index in [-0.39, 0.29) is 5.91 Å². The third kappa shape index (κ3) is 4.27. The van der Waals surface area contributed by atoms with Crippen molar-refractivity contribution in [1.82, 2.24) is 5.32 Å². The Bertz CT molecular complexity index is 255. The fourth-order valence-electron chi connectivity index (χ4n) is 3.19. The van der Waals surface area contributed by atoms with Gasteiger partial charge in [-0.3, -0.25) is 4.79 Å². The number of carbonyl (C=O) groups excluding carboxylic acids is 1. The summed E-state index contributed by atoms with van der Waals surface area (Å²) in [5, 5.41) is 12.1. The molecule has 0 aromatic carbocycles. The van der Waals surface area contributed by atoms with Crippen LogP contribution in [0.15, 0.2) is 0 Å². The quantitative estimate of drug-likeness (QED) is 0.764. The Kier molecular flexibility index (Phi) is 5.48. The number of aliphatic hydroxyl groups excluding tert-OH is 1. The molecule has 2 rings (SSSR count). The van der Waals surface area contributed by atoms with Gasteiger partial charge in [-0.05, 0) is 50.4 Å². The first-order chi connectivity index (χ1) is 8.78. The van der Waals surface area contributed by atoms with Crippen LogP contribution >= 0.6 is 0 Å². The van der Waals surface area contributed by atoms with Crippen molar-refractivity contribution in [3.8, 4) is 0 Å². The van der Waals surface area contributed by atoms with Crippen molar-refractivity contribution in [2.75, 3.05) is 6.61 Å². The average molecular weight is 253 g/mol. The van der Waals surface area contributed by atoms with E-state index in [0.717, 1.165) is 50.9 Å². The lowest BCUT2D eigenvalue weighted by Gasteiger charge is -2.29. The summed E-state index contributed by atoms with van der Waals surface area (Å²) in [6.45, 7) is 0.309. The summed E-state index contributed by atoms with van der Waals surface area (Å²) in [5.74, 6) is 1.77. The molecule has 0 atom stereocenters. The van der Waals surface area contributed by atoms with Crippen molar-refractivity contribution in [2.24, 2.45) is 11.8 Å². The lowest BCUT2D eigenvalue weighted by atomic mass is 9.82. The third-order valence-electron chi connectivity index (χ3n) is 4.75. The topological polar surface area (TPSA) is 49.3 Å². The Balaban J connectivity index is 1.57. The van der Waals surface area contributed by atoms with Gasteiger partial charge in [-0.1, -0.05) is 19.3 Å². The molecule has 0 aromatic heterocycles. The number of aliphatic hydroxyl groups is 1. The summed E-state index contributed by atoms with van der Waals surface area (Å²) < 4.78 is 0. The highest BCUT2D eigenvalue weighted by Crippen LogP contribution is 2.30. The van der Waals surface area contributed by atoms with E-state index in [2.05, 4.69) is 5.32 Å². The summed E-state index contributed by atoms with van der Waals surface area (Å²) in [4.78, 5) is 11.8. The standard InChI is InChI=1S/C15H27NO2/c17-11-10-13-4-7-14(8-5-13)16-15(18)9-6-12-2-1-3-12/h12-14,17H,1-11H2,(H,16,18). The second-order valence-corrected chi connectivity index (χ2v) is 6.13. The Hall–Kier alpha value is -0.570. The van der Waals surface area contributed by atoms with Gasteiger partial charge < -0.3 is 10.4 Å². The zero-order valence-corrected chi connectivity index (χ0v) is 11.4. The van der Waals surface area contributed by atoms with E-state index in [1.165, 1.54) is 19.3 Å². The van der Waals surface area contributed by atoms with Crippen molar-refractivity contribution >= 4 is 5.91 Å². The lowest BCUT2D eigenvalue weighted by molar-refractivity contribution is -0.122. The minimum Gasteiger partial charge on any atom is -0.396 e. The molecule has 0 bridgehead atoms. The molecule has 2 fully saturated rings. The molecule has 2 N–H and O–H groups in total. The molecule has 1 amide bonds. The average Bonchev–Trinajstić information content (AvgIpc) is 2.30. The van der Waals surface area contributed by atoms with Crippen LogP contribution in [0.1, 0.15) is 64.2 Å². The van der Waals surface area contributed by atoms with Gasteiger partial charge in [-0.15, -0.1) is 0 Å². The van der Waals surface area contributed by atoms with Crippen LogP contribution < -0.4 is 5.32 Å². The molecule has 2 saturated carbocycles. The highest BCUT2D eigenvalue weighted by Gasteiger charge is 2.23. The van der Waals surface area contributed by atoms with E-state index in [0.29, 0.717) is 18.6 Å². The summed E-state index contributed by atoms with van der Waals surface area (Å²) in [7, 11) is 0. The molecule has 104 valence electrons. The zero-order chi connectivity index (χ0) is 12.8. The molecule has 0 radical (unpaired) electrons. The van der Waals surface area contributed by atoms with Crippen molar-refractivity contribution in [3.05, 3.63) is 0 Å². The predicted octanol–water partition coefficient (Wildman–Crippen LogP) is 2.62. The fraction of sp³-hybridized carbons (Fsp3) is 0.933. The van der Waals surface area contributed by atoms with Gasteiger partial charge in [0.1, 0.15) is 0 Å². The predicted molar refractivity (Wildman–Crippen MR) is 72.2 cm³/mol. The molecule has 0 heterocycles. The summed E-state index contributed by atoms with van der Waals surface area (Å²) in [6, 6.07) is 0.397. The van der Waals surface area contributed by atoms with E-state index in [1.54, 1.807) is 0 Å². The Labute approximate surface area is 110 Å². The van der Waals surface area contributed by atoms with Crippen molar-refractivity contribution in [3.63, 3.8) is 0 Å². The first kappa shape index (κ1) is 13.9. The molecule has 0 unspecified atom stereocenters. The smallest absolute Gasteiger partial charge is 0.220 e. The molecule has 0 aliphatic heterocycles. The van der Waals surface area contributed by atoms with Gasteiger partial charge in [0.15, 0.2) is 0 Å². The van der Waals surface area contributed by atoms with E-state index in [1.807, 2.05) is 0 Å². The number of hydrogen-bond donors (Lipinski definition) is 2. The normalized spacial score (nSPS) is 28.7. The second-order valence-electron chi connectivity index (χ2n) is 6.13. The van der Waals surface area contributed by atoms with Crippen LogP contribution in [0.3, 0.4) is 0 Å². The Morgan fingerprint density at radius 3 is 2.22 bits per heavy atom. The number of amides is 1. The lowest BCUT2D eigenvalue weighted by Crippen LogP contribution is -2.37. The monoisotopic (exact) mass is 253 g/mol. The van der Waals surface area contributed by atoms with Crippen LogP contribution in [0.25, 0.3) is 0 Å². The van der Waals surface area contributed by atoms with Crippen LogP contribution in [-0.4, -0.2) is 23.7 Å². The molecular formula is C15H27NO2. The molecule has 18 heavy (non-hydrogen) atoms. The van der Waals surface area contributed by atoms with Crippen LogP contribution in [0, 0.1) is 11.8 Å². The number of carbonyl (C=O) groups is 1. The van der Waals surface area contributed by atoms with E-state index < -0.39 is 0 Å². The molecule has 3 heteroatoms. The highest BCUT2D eigenvalue weighted by atomic mass is 16.3. The number of rotatable bonds is 6. The largest absolute Gasteiger partial charge is 0.396 e. The van der Waals surface area contributed by atoms with Crippen LogP contribution in [0.4, 0.5) is 0 Å². The third-order valence-corrected chi connectivity index (χ3v) is 4.75. The van der Waals surface area contributed by atoms with Crippen LogP contribution in [0.5, 0.6) is 0 Å². The minimum absolute atomic E-state index is 0.257. The van der Waals surface area contributed by atoms with Gasteiger partial charge in [-0.25, -0.2) is 0 Å². The van der Waals surface area contributed by atoms with Crippen LogP contribution in [-0.2, 0) is 4.79 Å². The molecule has 3 nitrogen and oxygen atoms in total. The first-order valence-electron chi connectivity index (χ1n) is 7.68.